The number of phosphoric ester groups is 4. The first-order valence-corrected chi connectivity index (χ1v) is 32.0. The van der Waals surface area contributed by atoms with Crippen molar-refractivity contribution in [3.8, 4) is 0 Å². The summed E-state index contributed by atoms with van der Waals surface area (Å²) in [5, 5.41) is 83.4. The molecule has 0 spiro atoms. The number of anilines is 1. The summed E-state index contributed by atoms with van der Waals surface area (Å²) in [5.41, 5.74) is 12.9. The number of ketones is 1. The number of nitrogens with zero attached hydrogens (tertiary/aromatic N) is 10. The van der Waals surface area contributed by atoms with Crippen molar-refractivity contribution in [2.45, 2.75) is 105 Å². The molecule has 90 heavy (non-hydrogen) atoms. The van der Waals surface area contributed by atoms with Crippen molar-refractivity contribution in [2.75, 3.05) is 32.2 Å². The highest BCUT2D eigenvalue weighted by Crippen LogP contribution is 2.57. The summed E-state index contributed by atoms with van der Waals surface area (Å²) >= 11 is 0. The smallest absolute Gasteiger partial charge is 0.309 e. The number of aromatic nitrogens is 11. The molecule has 488 valence electrons. The molecular formula is C45H54N13O28P4-. The maximum absolute atomic E-state index is 12.4. The third-order valence-electron chi connectivity index (χ3n) is 14.2. The van der Waals surface area contributed by atoms with E-state index in [9.17, 15) is 88.3 Å². The number of pyridine rings is 2. The van der Waals surface area contributed by atoms with E-state index in [-0.39, 0.29) is 33.9 Å². The van der Waals surface area contributed by atoms with Crippen LogP contribution in [0.2, 0.25) is 0 Å². The van der Waals surface area contributed by atoms with Crippen LogP contribution in [0.4, 0.5) is 5.82 Å². The predicted octanol–water partition coefficient (Wildman–Crippen LogP) is -7.37. The minimum atomic E-state index is -5.68. The molecule has 11 heterocycles. The Morgan fingerprint density at radius 2 is 1.10 bits per heavy atom. The van der Waals surface area contributed by atoms with E-state index < -0.39 is 162 Å². The maximum atomic E-state index is 12.4. The van der Waals surface area contributed by atoms with Gasteiger partial charge in [0.1, 0.15) is 78.4 Å². The van der Waals surface area contributed by atoms with Gasteiger partial charge in [-0.3, -0.25) is 41.8 Å². The molecular weight excluding hydrogens is 1290 g/mol. The summed E-state index contributed by atoms with van der Waals surface area (Å²) in [6, 6.07) is 5.82. The lowest BCUT2D eigenvalue weighted by Crippen LogP contribution is -2.46. The standard InChI is InChI=1S/C24H28N6O14P2.C21H27N7O14P2/c1-12(31)13-3-2-5-28(7-13)23-19(34)17(32)14(42-23)8-40-45(36,37)44-46(38,39)41-9-15-18(33)20(35)24(43-15)30-11-26-16-21-25-4-6-29(21)10-27-22(16)30;22-17-12-19(25-7-24-17)28(8-26-12)21-16(32)14(30)11(41-21)6-39-44(36,37)42-43(34,35)38-5-10-13(29)15(31)20(40-10)27-3-1-2-9(4-27)18(23)33/h2-7,10-11,14-15,17-20,23-24,32-35H,8-9H2,1H3,(H-,36,37,38,39);1-4,7-8,10-11,13-16,20-21,29-32H,5-6H2,(H5-,22,23,24,25,33,34,35,36,37)/p-1/t14-,15-,17+,18+,19?,20?,23-,24-;10-,11-,13+,14+,15?,16?,20-,21-/m11/s1. The largest absolute Gasteiger partial charge is 0.756 e. The number of nitrogens with one attached hydrogen (secondary N) is 1. The van der Waals surface area contributed by atoms with Crippen molar-refractivity contribution < 1.29 is 148 Å². The Morgan fingerprint density at radius 1 is 0.622 bits per heavy atom. The highest BCUT2D eigenvalue weighted by atomic mass is 31.3. The number of carbonyl (C=O) groups is 2. The molecule has 0 aromatic carbocycles. The Hall–Kier alpha value is -6.08. The number of phosphoric acid groups is 4. The Labute approximate surface area is 502 Å². The molecule has 0 aliphatic carbocycles. The molecule has 41 nitrogen and oxygen atoms in total. The van der Waals surface area contributed by atoms with Crippen LogP contribution in [0.25, 0.3) is 28.0 Å². The van der Waals surface area contributed by atoms with Crippen LogP contribution in [0.15, 0.2) is 86.8 Å². The fourth-order valence-electron chi connectivity index (χ4n) is 9.73. The Morgan fingerprint density at radius 3 is 1.62 bits per heavy atom. The summed E-state index contributed by atoms with van der Waals surface area (Å²) in [6.07, 6.45) is -10.2. The van der Waals surface area contributed by atoms with Crippen LogP contribution in [0.1, 0.15) is 52.6 Å². The van der Waals surface area contributed by atoms with E-state index >= 15 is 0 Å². The van der Waals surface area contributed by atoms with E-state index in [0.29, 0.717) is 16.8 Å². The second kappa shape index (κ2) is 26.5. The highest BCUT2D eigenvalue weighted by Gasteiger charge is 2.52. The fraction of sp³-hybridized carbons (Fsp3) is 0.467. The summed E-state index contributed by atoms with van der Waals surface area (Å²) < 4.78 is 104. The van der Waals surface area contributed by atoms with Gasteiger partial charge in [-0.1, -0.05) is 4.98 Å². The fourth-order valence-corrected chi connectivity index (χ4v) is 13.8. The third-order valence-corrected chi connectivity index (χ3v) is 19.3. The van der Waals surface area contributed by atoms with Crippen LogP contribution >= 0.6 is 31.3 Å². The lowest BCUT2D eigenvalue weighted by atomic mass is 10.1. The van der Waals surface area contributed by atoms with Gasteiger partial charge in [-0.2, -0.15) is 9.13 Å². The molecule has 4 aliphatic rings. The van der Waals surface area contributed by atoms with E-state index in [1.54, 1.807) is 16.8 Å². The molecule has 7 aromatic rings. The van der Waals surface area contributed by atoms with Gasteiger partial charge in [-0.15, -0.1) is 0 Å². The molecule has 8 unspecified atom stereocenters. The second-order valence-electron chi connectivity index (χ2n) is 20.2. The van der Waals surface area contributed by atoms with Gasteiger partial charge in [0.05, 0.1) is 38.3 Å². The lowest BCUT2D eigenvalue weighted by molar-refractivity contribution is -0.766. The molecule has 45 heteroatoms. The minimum Gasteiger partial charge on any atom is -0.756 e. The van der Waals surface area contributed by atoms with Crippen molar-refractivity contribution in [1.29, 1.82) is 0 Å². The van der Waals surface area contributed by atoms with Gasteiger partial charge in [-0.25, -0.2) is 33.1 Å². The number of rotatable bonds is 22. The molecule has 4 saturated heterocycles. The Kier molecular flexibility index (Phi) is 19.7. The number of H-pyrrole nitrogens is 1. The van der Waals surface area contributed by atoms with Crippen LogP contribution < -0.4 is 44.7 Å². The quantitative estimate of drug-likeness (QED) is 0.0171. The van der Waals surface area contributed by atoms with Gasteiger partial charge in [0.25, 0.3) is 49.7 Å². The Bertz CT molecular complexity index is 3980. The van der Waals surface area contributed by atoms with E-state index in [4.69, 9.17) is 30.4 Å². The summed E-state index contributed by atoms with van der Waals surface area (Å²) in [7, 11) is -22.7. The summed E-state index contributed by atoms with van der Waals surface area (Å²) in [4.78, 5) is 95.6. The topological polar surface area (TPSA) is 602 Å². The molecule has 4 aliphatic heterocycles. The number of nitrogen functional groups attached to an aromatic ring is 1. The predicted molar refractivity (Wildman–Crippen MR) is 277 cm³/mol. The second-order valence-corrected chi connectivity index (χ2v) is 26.1. The number of primary amides is 1. The molecule has 0 radical (unpaired) electrons. The van der Waals surface area contributed by atoms with Crippen LogP contribution in [-0.4, -0.2) is 191 Å². The van der Waals surface area contributed by atoms with E-state index in [1.165, 1.54) is 93.2 Å². The zero-order chi connectivity index (χ0) is 64.9. The molecule has 20 atom stereocenters. The molecule has 0 saturated carbocycles. The summed E-state index contributed by atoms with van der Waals surface area (Å²) in [5.74, 6) is -1.02. The van der Waals surface area contributed by atoms with Crippen LogP contribution in [0.5, 0.6) is 0 Å². The normalized spacial score (nSPS) is 31.3. The number of aromatic amines is 1. The lowest BCUT2D eigenvalue weighted by Gasteiger charge is -2.31. The number of nitrogens with two attached hydrogens (primary N) is 2. The summed E-state index contributed by atoms with van der Waals surface area (Å²) in [6.45, 7) is -2.56. The SMILES string of the molecule is CC(=O)c1ccc[n+]([C@@H]2O[C@H](COP(=O)([O-])OP(=O)([O-])OC[C@H]3O[C@@H]([n+]4c[nH]c5c6nccn6cnc54)C(O)[C@H]3O)[C@H](O)C2O)c1.NC(=O)c1ccc[n+]([C@@H]2O[C@H](COP(=O)([O-])OP(=O)([O-])OC[C@H]3O[C@@H](n4cnc5c(N)ncnc54)C(O)[C@H]3O)[C@H](O)C2O)c1. The highest BCUT2D eigenvalue weighted by molar-refractivity contribution is 7.60. The number of ether oxygens (including phenoxy) is 4. The first-order valence-electron chi connectivity index (χ1n) is 26.2. The minimum absolute atomic E-state index is 0.0363. The number of amides is 1. The van der Waals surface area contributed by atoms with Crippen LogP contribution in [-0.2, 0) is 63.9 Å². The van der Waals surface area contributed by atoms with E-state index in [2.05, 4.69) is 56.6 Å². The van der Waals surface area contributed by atoms with Gasteiger partial charge in [0.2, 0.25) is 11.7 Å². The zero-order valence-electron chi connectivity index (χ0n) is 45.8. The maximum Gasteiger partial charge on any atom is 0.309 e. The number of carbonyl (C=O) groups excluding carboxylic acids is 2. The van der Waals surface area contributed by atoms with E-state index in [0.717, 1.165) is 6.33 Å². The van der Waals surface area contributed by atoms with Crippen molar-refractivity contribution in [2.24, 2.45) is 5.73 Å². The number of hydrogen-bond acceptors (Lipinski definition) is 34. The molecule has 4 fully saturated rings. The van der Waals surface area contributed by atoms with Gasteiger partial charge >= 0.3 is 5.65 Å². The van der Waals surface area contributed by atoms with Crippen molar-refractivity contribution >= 4 is 76.8 Å². The first-order chi connectivity index (χ1) is 42.4. The molecule has 7 aromatic heterocycles. The van der Waals surface area contributed by atoms with Crippen molar-refractivity contribution in [3.63, 3.8) is 0 Å². The molecule has 11 rings (SSSR count). The number of imidazole rings is 3. The van der Waals surface area contributed by atoms with Crippen molar-refractivity contribution in [1.82, 2.24) is 38.9 Å². The van der Waals surface area contributed by atoms with Gasteiger partial charge in [0, 0.05) is 24.5 Å². The number of Topliss-reactive ketones (excluding diaryl/α,β-unsaturated/α-hetero) is 1. The molecule has 1 amide bonds. The number of fused-ring (bicyclic) bond motifs is 4. The van der Waals surface area contributed by atoms with E-state index in [1.807, 2.05) is 0 Å². The van der Waals surface area contributed by atoms with Crippen LogP contribution in [0.3, 0.4) is 0 Å². The van der Waals surface area contributed by atoms with Gasteiger partial charge < -0.3 is 109 Å². The number of aliphatic hydroxyl groups is 8. The molecule has 13 N–H and O–H groups in total. The molecule has 0 bridgehead atoms. The van der Waals surface area contributed by atoms with Crippen LogP contribution in [0, 0.1) is 0 Å². The van der Waals surface area contributed by atoms with Crippen molar-refractivity contribution in [3.05, 3.63) is 97.9 Å². The number of aliphatic hydroxyl groups excluding tert-OH is 8. The average Bonchev–Trinajstić information content (AvgIpc) is 1.66. The van der Waals surface area contributed by atoms with Gasteiger partial charge in [-0.05, 0) is 19.1 Å². The third kappa shape index (κ3) is 14.4. The first kappa shape index (κ1) is 66.8. The zero-order valence-corrected chi connectivity index (χ0v) is 49.4. The number of hydrogen-bond donors (Lipinski definition) is 11. The van der Waals surface area contributed by atoms with Gasteiger partial charge in [0.15, 0.2) is 78.8 Å². The average molecular weight is 1350 g/mol. The Balaban J connectivity index is 0.000000198. The monoisotopic (exact) mass is 1350 g/mol.